The van der Waals surface area contributed by atoms with Crippen LogP contribution in [0.1, 0.15) is 49.2 Å². The smallest absolute Gasteiger partial charge is 0.416 e. The van der Waals surface area contributed by atoms with Crippen molar-refractivity contribution >= 4 is 70.4 Å². The second-order valence-electron chi connectivity index (χ2n) is 11.9. The Morgan fingerprint density at radius 1 is 0.678 bits per heavy atom. The molecule has 14 nitrogen and oxygen atoms in total. The second kappa shape index (κ2) is 20.9. The third-order valence-electron chi connectivity index (χ3n) is 7.36. The van der Waals surface area contributed by atoms with Gasteiger partial charge in [-0.05, 0) is 52.0 Å². The zero-order valence-corrected chi connectivity index (χ0v) is 34.5. The van der Waals surface area contributed by atoms with Crippen LogP contribution in [0.2, 0.25) is 20.1 Å². The number of aryl methyl sites for hydroxylation is 2. The number of benzene rings is 2. The third kappa shape index (κ3) is 13.8. The van der Waals surface area contributed by atoms with Gasteiger partial charge in [-0.25, -0.2) is 9.59 Å². The molecule has 0 radical (unpaired) electrons. The zero-order chi connectivity index (χ0) is 44.4. The number of carbonyl (C=O) groups excluding carboxylic acids is 4. The Hall–Kier alpha value is -4.92. The fraction of sp³-hybridized carbons (Fsp3) is 0.371. The van der Waals surface area contributed by atoms with Crippen LogP contribution in [-0.4, -0.2) is 81.8 Å². The molecule has 0 saturated heterocycles. The summed E-state index contributed by atoms with van der Waals surface area (Å²) in [5.41, 5.74) is -1.29. The standard InChI is InChI=1S/C18H18Cl2F3N3O4.C17H16Cl2F3N3O4/c1-4-29-15(27)5-6-25(3)17(28)26-10(2)7-14(24-26)30-16-12(19)8-11(9-13(16)20)18(21,22)23;1-3-28-14(26)4-5-23-16(27)25-9(2)6-13(24-25)29-15-11(18)7-10(8-12(15)19)17(20,21)22/h7-9H,4-6H2,1-3H3;6-8H,3-5H2,1-2H3,(H,23,27). The number of ether oxygens (including phenoxy) is 4. The zero-order valence-electron chi connectivity index (χ0n) is 31.5. The average molecular weight is 922 g/mol. The van der Waals surface area contributed by atoms with Crippen LogP contribution in [0.3, 0.4) is 0 Å². The predicted octanol–water partition coefficient (Wildman–Crippen LogP) is 9.98. The van der Waals surface area contributed by atoms with Gasteiger partial charge in [0.05, 0.1) is 68.7 Å². The summed E-state index contributed by atoms with van der Waals surface area (Å²) < 4.78 is 99.3. The molecule has 0 fully saturated rings. The molecular formula is C35H34Cl4F6N6O8. The Balaban J connectivity index is 0.000000316. The summed E-state index contributed by atoms with van der Waals surface area (Å²) in [6.45, 7) is 7.09. The van der Waals surface area contributed by atoms with Crippen LogP contribution in [0.25, 0.3) is 0 Å². The van der Waals surface area contributed by atoms with Crippen molar-refractivity contribution in [3.63, 3.8) is 0 Å². The first-order valence-corrected chi connectivity index (χ1v) is 18.4. The van der Waals surface area contributed by atoms with Crippen LogP contribution in [-0.2, 0) is 31.4 Å². The number of nitrogens with zero attached hydrogens (tertiary/aromatic N) is 5. The minimum absolute atomic E-state index is 0.0104. The number of halogens is 10. The van der Waals surface area contributed by atoms with E-state index < -0.39 is 47.5 Å². The van der Waals surface area contributed by atoms with Crippen molar-refractivity contribution < 1.29 is 64.5 Å². The van der Waals surface area contributed by atoms with Gasteiger partial charge < -0.3 is 29.2 Å². The highest BCUT2D eigenvalue weighted by molar-refractivity contribution is 6.38. The molecule has 2 amide bonds. The first kappa shape index (κ1) is 48.4. The summed E-state index contributed by atoms with van der Waals surface area (Å²) >= 11 is 23.5. The van der Waals surface area contributed by atoms with E-state index in [0.29, 0.717) is 35.7 Å². The van der Waals surface area contributed by atoms with E-state index in [9.17, 15) is 45.5 Å². The monoisotopic (exact) mass is 920 g/mol. The fourth-order valence-electron chi connectivity index (χ4n) is 4.57. The van der Waals surface area contributed by atoms with Crippen LogP contribution in [0.5, 0.6) is 23.3 Å². The fourth-order valence-corrected chi connectivity index (χ4v) is 5.70. The maximum Gasteiger partial charge on any atom is 0.416 e. The lowest BCUT2D eigenvalue weighted by Crippen LogP contribution is -2.34. The van der Waals surface area contributed by atoms with E-state index in [0.717, 1.165) is 9.36 Å². The highest BCUT2D eigenvalue weighted by Gasteiger charge is 2.34. The molecule has 1 N–H and O–H groups in total. The Morgan fingerprint density at radius 3 is 1.47 bits per heavy atom. The molecule has 0 bridgehead atoms. The molecule has 2 aromatic heterocycles. The minimum atomic E-state index is -4.62. The lowest BCUT2D eigenvalue weighted by Gasteiger charge is -2.16. The maximum absolute atomic E-state index is 12.8. The van der Waals surface area contributed by atoms with Crippen molar-refractivity contribution in [3.05, 3.63) is 79.0 Å². The number of hydrogen-bond acceptors (Lipinski definition) is 10. The van der Waals surface area contributed by atoms with E-state index >= 15 is 0 Å². The van der Waals surface area contributed by atoms with Crippen LogP contribution in [0.15, 0.2) is 36.4 Å². The van der Waals surface area contributed by atoms with Gasteiger partial charge in [0.25, 0.3) is 0 Å². The quantitative estimate of drug-likeness (QED) is 0.107. The van der Waals surface area contributed by atoms with Crippen molar-refractivity contribution in [1.29, 1.82) is 0 Å². The van der Waals surface area contributed by atoms with Crippen molar-refractivity contribution in [2.24, 2.45) is 0 Å². The molecule has 0 aliphatic carbocycles. The van der Waals surface area contributed by atoms with Gasteiger partial charge in [-0.15, -0.1) is 10.2 Å². The summed E-state index contributed by atoms with van der Waals surface area (Å²) in [6, 6.07) is 4.30. The van der Waals surface area contributed by atoms with Gasteiger partial charge in [0.2, 0.25) is 11.8 Å². The number of nitrogens with one attached hydrogen (secondary N) is 1. The summed E-state index contributed by atoms with van der Waals surface area (Å²) in [4.78, 5) is 48.7. The molecule has 2 heterocycles. The van der Waals surface area contributed by atoms with E-state index in [4.69, 9.17) is 65.4 Å². The minimum Gasteiger partial charge on any atom is -0.466 e. The number of rotatable bonds is 12. The van der Waals surface area contributed by atoms with Gasteiger partial charge in [0.1, 0.15) is 0 Å². The molecule has 0 saturated carbocycles. The molecule has 322 valence electrons. The van der Waals surface area contributed by atoms with Crippen LogP contribution >= 0.6 is 46.4 Å². The SMILES string of the molecule is CCOC(=O)CCN(C)C(=O)n1nc(Oc2c(Cl)cc(C(F)(F)F)cc2Cl)cc1C.CCOC(=O)CCNC(=O)n1nc(Oc2c(Cl)cc(C(F)(F)F)cc2Cl)cc1C. The van der Waals surface area contributed by atoms with Crippen molar-refractivity contribution in [1.82, 2.24) is 29.8 Å². The normalized spacial score (nSPS) is 11.3. The number of amides is 2. The number of esters is 2. The Morgan fingerprint density at radius 2 is 1.07 bits per heavy atom. The molecular weight excluding hydrogens is 888 g/mol. The lowest BCUT2D eigenvalue weighted by molar-refractivity contribution is -0.144. The van der Waals surface area contributed by atoms with E-state index in [1.807, 2.05) is 0 Å². The number of hydrogen-bond donors (Lipinski definition) is 1. The van der Waals surface area contributed by atoms with Crippen molar-refractivity contribution in [2.75, 3.05) is 33.4 Å². The predicted molar refractivity (Wildman–Crippen MR) is 202 cm³/mol. The molecule has 4 aromatic rings. The van der Waals surface area contributed by atoms with Gasteiger partial charge in [-0.3, -0.25) is 9.59 Å². The molecule has 59 heavy (non-hydrogen) atoms. The van der Waals surface area contributed by atoms with E-state index in [2.05, 4.69) is 15.5 Å². The summed E-state index contributed by atoms with van der Waals surface area (Å²) in [6.07, 6.45) is -9.24. The van der Waals surface area contributed by atoms with Gasteiger partial charge in [0.15, 0.2) is 11.5 Å². The number of aromatic nitrogens is 4. The molecule has 24 heteroatoms. The summed E-state index contributed by atoms with van der Waals surface area (Å²) in [5.74, 6) is -1.55. The Labute approximate surface area is 352 Å². The first-order valence-electron chi connectivity index (χ1n) is 16.9. The van der Waals surface area contributed by atoms with Gasteiger partial charge >= 0.3 is 36.4 Å². The molecule has 0 aliphatic heterocycles. The van der Waals surface area contributed by atoms with E-state index in [-0.39, 0.29) is 82.5 Å². The highest BCUT2D eigenvalue weighted by atomic mass is 35.5. The van der Waals surface area contributed by atoms with Crippen LogP contribution in [0, 0.1) is 13.8 Å². The third-order valence-corrected chi connectivity index (χ3v) is 8.48. The maximum atomic E-state index is 12.8. The molecule has 4 rings (SSSR count). The van der Waals surface area contributed by atoms with E-state index in [1.165, 1.54) is 24.1 Å². The van der Waals surface area contributed by atoms with Crippen molar-refractivity contribution in [2.45, 2.75) is 52.9 Å². The lowest BCUT2D eigenvalue weighted by atomic mass is 10.2. The number of carbonyl (C=O) groups is 4. The topological polar surface area (TPSA) is 156 Å². The van der Waals surface area contributed by atoms with Crippen LogP contribution in [0.4, 0.5) is 35.9 Å². The average Bonchev–Trinajstić information content (AvgIpc) is 3.70. The highest BCUT2D eigenvalue weighted by Crippen LogP contribution is 2.43. The van der Waals surface area contributed by atoms with E-state index in [1.54, 1.807) is 27.7 Å². The largest absolute Gasteiger partial charge is 0.466 e. The van der Waals surface area contributed by atoms with Gasteiger partial charge in [-0.1, -0.05) is 46.4 Å². The summed E-state index contributed by atoms with van der Waals surface area (Å²) in [7, 11) is 1.48. The number of alkyl halides is 6. The van der Waals surface area contributed by atoms with Gasteiger partial charge in [0, 0.05) is 32.3 Å². The molecule has 0 aliphatic rings. The van der Waals surface area contributed by atoms with Crippen LogP contribution < -0.4 is 14.8 Å². The first-order chi connectivity index (χ1) is 27.5. The molecule has 2 aromatic carbocycles. The second-order valence-corrected chi connectivity index (χ2v) is 13.5. The van der Waals surface area contributed by atoms with Crippen molar-refractivity contribution in [3.8, 4) is 23.3 Å². The molecule has 0 atom stereocenters. The molecule has 0 spiro atoms. The Kier molecular flexibility index (Phi) is 17.1. The molecule has 0 unspecified atom stereocenters. The van der Waals surface area contributed by atoms with Gasteiger partial charge in [-0.2, -0.15) is 35.7 Å². The Bertz CT molecular complexity index is 2120. The summed E-state index contributed by atoms with van der Waals surface area (Å²) in [5, 5.41) is 8.94.